The van der Waals surface area contributed by atoms with E-state index in [0.29, 0.717) is 33.9 Å². The minimum Gasteiger partial charge on any atom is -0.383 e. The molecule has 120 valence electrons. The second kappa shape index (κ2) is 5.28. The predicted octanol–water partition coefficient (Wildman–Crippen LogP) is 1.37. The number of primary sulfonamides is 1. The minimum atomic E-state index is -3.79. The van der Waals surface area contributed by atoms with Crippen LogP contribution in [-0.2, 0) is 10.0 Å². The largest absolute Gasteiger partial charge is 0.383 e. The first-order valence-electron chi connectivity index (χ1n) is 6.92. The summed E-state index contributed by atoms with van der Waals surface area (Å²) < 4.78 is 23.0. The van der Waals surface area contributed by atoms with E-state index in [0.717, 1.165) is 0 Å². The van der Waals surface area contributed by atoms with Crippen LogP contribution in [0.3, 0.4) is 0 Å². The van der Waals surface area contributed by atoms with Gasteiger partial charge in [-0.1, -0.05) is 26.0 Å². The molecule has 0 unspecified atom stereocenters. The van der Waals surface area contributed by atoms with E-state index in [1.165, 1.54) is 12.1 Å². The molecular weight excluding hydrogens is 316 g/mol. The number of rotatable bonds is 3. The molecule has 3 aromatic rings. The van der Waals surface area contributed by atoms with Gasteiger partial charge in [0.2, 0.25) is 10.0 Å². The van der Waals surface area contributed by atoms with Gasteiger partial charge in [-0.3, -0.25) is 5.10 Å². The number of H-pyrrole nitrogens is 1. The predicted molar refractivity (Wildman–Crippen MR) is 87.0 cm³/mol. The van der Waals surface area contributed by atoms with Crippen LogP contribution in [0.15, 0.2) is 29.2 Å². The summed E-state index contributed by atoms with van der Waals surface area (Å²) in [6.07, 6.45) is 0. The average Bonchev–Trinajstić information content (AvgIpc) is 2.91. The van der Waals surface area contributed by atoms with Gasteiger partial charge in [-0.15, -0.1) is 0 Å². The van der Waals surface area contributed by atoms with Gasteiger partial charge in [0.05, 0.1) is 16.0 Å². The molecule has 5 N–H and O–H groups in total. The summed E-state index contributed by atoms with van der Waals surface area (Å²) in [4.78, 5) is 8.68. The molecule has 3 rings (SSSR count). The Hall–Kier alpha value is -2.52. The molecule has 0 saturated carbocycles. The monoisotopic (exact) mass is 332 g/mol. The Kier molecular flexibility index (Phi) is 3.53. The lowest BCUT2D eigenvalue weighted by atomic mass is 10.1. The lowest BCUT2D eigenvalue weighted by molar-refractivity contribution is 0.598. The first-order chi connectivity index (χ1) is 10.8. The van der Waals surface area contributed by atoms with Gasteiger partial charge in [-0.05, 0) is 12.1 Å². The Balaban J connectivity index is 2.22. The first-order valence-corrected chi connectivity index (χ1v) is 8.46. The van der Waals surface area contributed by atoms with Crippen LogP contribution >= 0.6 is 0 Å². The van der Waals surface area contributed by atoms with Gasteiger partial charge >= 0.3 is 0 Å². The van der Waals surface area contributed by atoms with Crippen LogP contribution < -0.4 is 10.9 Å². The average molecular weight is 332 g/mol. The molecule has 8 nitrogen and oxygen atoms in total. The summed E-state index contributed by atoms with van der Waals surface area (Å²) in [5, 5.41) is 12.7. The van der Waals surface area contributed by atoms with Crippen molar-refractivity contribution in [1.29, 1.82) is 0 Å². The third kappa shape index (κ3) is 2.76. The van der Waals surface area contributed by atoms with Crippen molar-refractivity contribution in [1.82, 2.24) is 20.2 Å². The van der Waals surface area contributed by atoms with Crippen molar-refractivity contribution in [3.05, 3.63) is 30.1 Å². The summed E-state index contributed by atoms with van der Waals surface area (Å²) in [7, 11) is -3.79. The van der Waals surface area contributed by atoms with E-state index in [-0.39, 0.29) is 10.8 Å². The number of fused-ring (bicyclic) bond motifs is 1. The molecule has 0 fully saturated rings. The molecule has 2 aromatic heterocycles. The number of nitrogen functional groups attached to an aromatic ring is 1. The van der Waals surface area contributed by atoms with Crippen molar-refractivity contribution in [3.63, 3.8) is 0 Å². The van der Waals surface area contributed by atoms with Crippen LogP contribution in [0.1, 0.15) is 25.6 Å². The van der Waals surface area contributed by atoms with E-state index in [4.69, 9.17) is 10.9 Å². The third-order valence-corrected chi connectivity index (χ3v) is 4.34. The highest BCUT2D eigenvalue weighted by Crippen LogP contribution is 2.30. The second-order valence-corrected chi connectivity index (χ2v) is 7.05. The third-order valence-electron chi connectivity index (χ3n) is 3.43. The minimum absolute atomic E-state index is 0.0102. The molecule has 0 spiro atoms. The summed E-state index contributed by atoms with van der Waals surface area (Å²) in [6, 6.07) is 6.21. The Labute approximate surface area is 133 Å². The Morgan fingerprint density at radius 3 is 2.61 bits per heavy atom. The number of nitrogens with zero attached hydrogens (tertiary/aromatic N) is 3. The number of aromatic amines is 1. The highest BCUT2D eigenvalue weighted by molar-refractivity contribution is 7.89. The van der Waals surface area contributed by atoms with E-state index in [1.54, 1.807) is 12.1 Å². The van der Waals surface area contributed by atoms with Gasteiger partial charge in [-0.2, -0.15) is 5.10 Å². The van der Waals surface area contributed by atoms with E-state index in [9.17, 15) is 8.42 Å². The summed E-state index contributed by atoms with van der Waals surface area (Å²) in [6.45, 7) is 3.92. The smallest absolute Gasteiger partial charge is 0.238 e. The number of nitrogens with two attached hydrogens (primary N) is 2. The summed E-state index contributed by atoms with van der Waals surface area (Å²) in [5.41, 5.74) is 7.63. The molecule has 0 amide bonds. The SMILES string of the molecule is CC(C)c1nc(N)c2c(-c3cccc(S(N)(=O)=O)c3)[nH]nc2n1. The van der Waals surface area contributed by atoms with Gasteiger partial charge in [0.1, 0.15) is 11.6 Å². The summed E-state index contributed by atoms with van der Waals surface area (Å²) in [5.74, 6) is 1.02. The molecule has 0 aliphatic heterocycles. The van der Waals surface area contributed by atoms with Crippen molar-refractivity contribution in [3.8, 4) is 11.3 Å². The maximum absolute atomic E-state index is 11.5. The van der Waals surface area contributed by atoms with Crippen molar-refractivity contribution >= 4 is 26.9 Å². The van der Waals surface area contributed by atoms with Crippen LogP contribution in [0, 0.1) is 0 Å². The Bertz CT molecular complexity index is 994. The molecule has 0 saturated heterocycles. The normalized spacial score (nSPS) is 12.2. The Morgan fingerprint density at radius 2 is 1.96 bits per heavy atom. The van der Waals surface area contributed by atoms with Crippen LogP contribution in [0.4, 0.5) is 5.82 Å². The van der Waals surface area contributed by atoms with E-state index in [1.807, 2.05) is 13.8 Å². The highest BCUT2D eigenvalue weighted by Gasteiger charge is 2.17. The molecule has 0 aliphatic rings. The lowest BCUT2D eigenvalue weighted by Gasteiger charge is -2.06. The van der Waals surface area contributed by atoms with Crippen molar-refractivity contribution in [2.75, 3.05) is 5.73 Å². The standard InChI is InChI=1S/C14H16N6O2S/c1-7(2)13-17-12(15)10-11(19-20-14(10)18-13)8-4-3-5-9(6-8)23(16,21)22/h3-7H,1-2H3,(H2,16,21,22)(H3,15,17,18,19,20). The van der Waals surface area contributed by atoms with Gasteiger partial charge in [0.25, 0.3) is 0 Å². The topological polar surface area (TPSA) is 141 Å². The number of anilines is 1. The molecule has 1 aromatic carbocycles. The van der Waals surface area contributed by atoms with Gasteiger partial charge < -0.3 is 5.73 Å². The zero-order valence-corrected chi connectivity index (χ0v) is 13.4. The zero-order chi connectivity index (χ0) is 16.8. The van der Waals surface area contributed by atoms with Crippen LogP contribution in [-0.4, -0.2) is 28.6 Å². The second-order valence-electron chi connectivity index (χ2n) is 5.49. The fraction of sp³-hybridized carbons (Fsp3) is 0.214. The number of benzene rings is 1. The first kappa shape index (κ1) is 15.4. The molecule has 0 atom stereocenters. The fourth-order valence-electron chi connectivity index (χ4n) is 2.26. The van der Waals surface area contributed by atoms with E-state index < -0.39 is 10.0 Å². The van der Waals surface area contributed by atoms with E-state index in [2.05, 4.69) is 20.2 Å². The van der Waals surface area contributed by atoms with Crippen molar-refractivity contribution in [2.45, 2.75) is 24.7 Å². The highest BCUT2D eigenvalue weighted by atomic mass is 32.2. The maximum atomic E-state index is 11.5. The van der Waals surface area contributed by atoms with Crippen molar-refractivity contribution in [2.24, 2.45) is 5.14 Å². The summed E-state index contributed by atoms with van der Waals surface area (Å²) >= 11 is 0. The number of aromatic nitrogens is 4. The molecule has 9 heteroatoms. The molecule has 0 aliphatic carbocycles. The molecule has 0 bridgehead atoms. The molecular formula is C14H16N6O2S. The fourth-order valence-corrected chi connectivity index (χ4v) is 2.82. The molecule has 23 heavy (non-hydrogen) atoms. The van der Waals surface area contributed by atoms with Gasteiger partial charge in [-0.25, -0.2) is 23.5 Å². The number of hydrogen-bond donors (Lipinski definition) is 3. The lowest BCUT2D eigenvalue weighted by Crippen LogP contribution is -2.11. The maximum Gasteiger partial charge on any atom is 0.238 e. The quantitative estimate of drug-likeness (QED) is 0.661. The van der Waals surface area contributed by atoms with Crippen LogP contribution in [0.2, 0.25) is 0 Å². The van der Waals surface area contributed by atoms with Gasteiger partial charge in [0.15, 0.2) is 5.65 Å². The number of sulfonamides is 1. The van der Waals surface area contributed by atoms with Crippen LogP contribution in [0.5, 0.6) is 0 Å². The zero-order valence-electron chi connectivity index (χ0n) is 12.6. The van der Waals surface area contributed by atoms with Crippen molar-refractivity contribution < 1.29 is 8.42 Å². The molecule has 0 radical (unpaired) electrons. The Morgan fingerprint density at radius 1 is 1.22 bits per heavy atom. The molecule has 2 heterocycles. The van der Waals surface area contributed by atoms with Crippen LogP contribution in [0.25, 0.3) is 22.3 Å². The van der Waals surface area contributed by atoms with Gasteiger partial charge in [0, 0.05) is 11.5 Å². The number of hydrogen-bond acceptors (Lipinski definition) is 6. The number of nitrogens with one attached hydrogen (secondary N) is 1. The van der Waals surface area contributed by atoms with E-state index >= 15 is 0 Å².